The molecule has 0 spiro atoms. The summed E-state index contributed by atoms with van der Waals surface area (Å²) in [4.78, 5) is 40.2. The predicted molar refractivity (Wildman–Crippen MR) is 60.8 cm³/mol. The van der Waals surface area contributed by atoms with Crippen molar-refractivity contribution in [3.05, 3.63) is 32.6 Å². The first-order chi connectivity index (χ1) is 8.11. The smallest absolute Gasteiger partial charge is 0.326 e. The first kappa shape index (κ1) is 11.6. The zero-order valence-corrected chi connectivity index (χ0v) is 9.23. The fraction of sp³-hybridized carbons (Fsp3) is 0.500. The predicted octanol–water partition coefficient (Wildman–Crippen LogP) is -1.37. The van der Waals surface area contributed by atoms with Gasteiger partial charge in [-0.2, -0.15) is 0 Å². The summed E-state index contributed by atoms with van der Waals surface area (Å²) in [5, 5.41) is 0. The highest BCUT2D eigenvalue weighted by Crippen LogP contribution is 2.17. The SMILES string of the molecule is NCC1CCCN1C(=O)c1cc(=O)[nH]c(=O)[nH]1. The van der Waals surface area contributed by atoms with Crippen LogP contribution in [0.1, 0.15) is 23.3 Å². The van der Waals surface area contributed by atoms with Gasteiger partial charge in [0.1, 0.15) is 5.69 Å². The van der Waals surface area contributed by atoms with Gasteiger partial charge in [-0.1, -0.05) is 0 Å². The molecule has 0 saturated carbocycles. The molecule has 4 N–H and O–H groups in total. The van der Waals surface area contributed by atoms with E-state index in [9.17, 15) is 14.4 Å². The molecule has 2 heterocycles. The summed E-state index contributed by atoms with van der Waals surface area (Å²) in [5.74, 6) is -0.346. The molecular formula is C10H14N4O3. The third-order valence-corrected chi connectivity index (χ3v) is 2.90. The molecule has 7 nitrogen and oxygen atoms in total. The fourth-order valence-electron chi connectivity index (χ4n) is 2.09. The van der Waals surface area contributed by atoms with E-state index in [0.717, 1.165) is 18.9 Å². The van der Waals surface area contributed by atoms with Gasteiger partial charge in [-0.15, -0.1) is 0 Å². The Bertz CT molecular complexity index is 505. The van der Waals surface area contributed by atoms with Crippen molar-refractivity contribution in [2.24, 2.45) is 5.73 Å². The van der Waals surface area contributed by atoms with Crippen LogP contribution in [0.5, 0.6) is 0 Å². The Morgan fingerprint density at radius 3 is 2.88 bits per heavy atom. The number of carbonyl (C=O) groups excluding carboxylic acids is 1. The van der Waals surface area contributed by atoms with Gasteiger partial charge in [0, 0.05) is 25.2 Å². The quantitative estimate of drug-likeness (QED) is 0.589. The van der Waals surface area contributed by atoms with Gasteiger partial charge in [-0.05, 0) is 12.8 Å². The number of hydrogen-bond acceptors (Lipinski definition) is 4. The zero-order chi connectivity index (χ0) is 12.4. The lowest BCUT2D eigenvalue weighted by Gasteiger charge is -2.22. The Balaban J connectivity index is 2.30. The standard InChI is InChI=1S/C10H14N4O3/c11-5-6-2-1-3-14(6)9(16)7-4-8(15)13-10(17)12-7/h4,6H,1-3,5,11H2,(H2,12,13,15,17). The van der Waals surface area contributed by atoms with Gasteiger partial charge >= 0.3 is 5.69 Å². The number of aromatic amines is 2. The van der Waals surface area contributed by atoms with Gasteiger partial charge in [-0.3, -0.25) is 14.6 Å². The molecule has 0 bridgehead atoms. The van der Waals surface area contributed by atoms with Gasteiger partial charge < -0.3 is 15.6 Å². The second kappa shape index (κ2) is 4.54. The summed E-state index contributed by atoms with van der Waals surface area (Å²) in [6.45, 7) is 0.995. The molecule has 1 aliphatic heterocycles. The molecule has 92 valence electrons. The number of H-pyrrole nitrogens is 2. The van der Waals surface area contributed by atoms with E-state index in [1.807, 2.05) is 4.98 Å². The highest BCUT2D eigenvalue weighted by atomic mass is 16.2. The van der Waals surface area contributed by atoms with Crippen molar-refractivity contribution < 1.29 is 4.79 Å². The van der Waals surface area contributed by atoms with Crippen LogP contribution in [0.15, 0.2) is 15.7 Å². The van der Waals surface area contributed by atoms with Crippen molar-refractivity contribution in [3.63, 3.8) is 0 Å². The molecular weight excluding hydrogens is 224 g/mol. The van der Waals surface area contributed by atoms with E-state index in [1.165, 1.54) is 0 Å². The van der Waals surface area contributed by atoms with Crippen molar-refractivity contribution in [2.45, 2.75) is 18.9 Å². The molecule has 1 amide bonds. The van der Waals surface area contributed by atoms with Crippen LogP contribution >= 0.6 is 0 Å². The summed E-state index contributed by atoms with van der Waals surface area (Å²) in [6.07, 6.45) is 1.75. The maximum absolute atomic E-state index is 12.1. The van der Waals surface area contributed by atoms with Gasteiger partial charge in [0.05, 0.1) is 0 Å². The highest BCUT2D eigenvalue weighted by Gasteiger charge is 2.28. The highest BCUT2D eigenvalue weighted by molar-refractivity contribution is 5.92. The number of nitrogens with two attached hydrogens (primary N) is 1. The van der Waals surface area contributed by atoms with Gasteiger partial charge in [0.2, 0.25) is 0 Å². The normalized spacial score (nSPS) is 19.6. The number of amides is 1. The third kappa shape index (κ3) is 2.28. The van der Waals surface area contributed by atoms with E-state index in [1.54, 1.807) is 4.90 Å². The van der Waals surface area contributed by atoms with Crippen LogP contribution in [0.25, 0.3) is 0 Å². The number of rotatable bonds is 2. The second-order valence-corrected chi connectivity index (χ2v) is 4.03. The van der Waals surface area contributed by atoms with E-state index < -0.39 is 11.2 Å². The van der Waals surface area contributed by atoms with Crippen molar-refractivity contribution >= 4 is 5.91 Å². The van der Waals surface area contributed by atoms with Crippen molar-refractivity contribution in [3.8, 4) is 0 Å². The number of nitrogens with one attached hydrogen (secondary N) is 2. The van der Waals surface area contributed by atoms with Crippen LogP contribution in [0.3, 0.4) is 0 Å². The van der Waals surface area contributed by atoms with E-state index in [-0.39, 0.29) is 17.6 Å². The monoisotopic (exact) mass is 238 g/mol. The fourth-order valence-corrected chi connectivity index (χ4v) is 2.09. The number of hydrogen-bond donors (Lipinski definition) is 3. The summed E-state index contributed by atoms with van der Waals surface area (Å²) in [6, 6.07) is 1.08. The van der Waals surface area contributed by atoms with Crippen molar-refractivity contribution in [1.29, 1.82) is 0 Å². The van der Waals surface area contributed by atoms with E-state index in [0.29, 0.717) is 13.1 Å². The molecule has 1 aromatic heterocycles. The van der Waals surface area contributed by atoms with Crippen LogP contribution in [-0.4, -0.2) is 39.9 Å². The van der Waals surface area contributed by atoms with E-state index in [2.05, 4.69) is 4.98 Å². The minimum atomic E-state index is -0.677. The summed E-state index contributed by atoms with van der Waals surface area (Å²) >= 11 is 0. The topological polar surface area (TPSA) is 112 Å². The maximum atomic E-state index is 12.1. The lowest BCUT2D eigenvalue weighted by Crippen LogP contribution is -2.41. The first-order valence-corrected chi connectivity index (χ1v) is 5.46. The second-order valence-electron chi connectivity index (χ2n) is 4.03. The van der Waals surface area contributed by atoms with Crippen LogP contribution in [-0.2, 0) is 0 Å². The van der Waals surface area contributed by atoms with Crippen LogP contribution in [0.2, 0.25) is 0 Å². The molecule has 2 rings (SSSR count). The van der Waals surface area contributed by atoms with E-state index >= 15 is 0 Å². The Hall–Kier alpha value is -1.89. The molecule has 1 unspecified atom stereocenters. The molecule has 17 heavy (non-hydrogen) atoms. The average molecular weight is 238 g/mol. The van der Waals surface area contributed by atoms with E-state index in [4.69, 9.17) is 5.73 Å². The molecule has 7 heteroatoms. The number of likely N-dealkylation sites (tertiary alicyclic amines) is 1. The lowest BCUT2D eigenvalue weighted by atomic mass is 10.2. The summed E-state index contributed by atoms with van der Waals surface area (Å²) < 4.78 is 0. The van der Waals surface area contributed by atoms with Crippen molar-refractivity contribution in [2.75, 3.05) is 13.1 Å². The molecule has 0 radical (unpaired) electrons. The minimum absolute atomic E-state index is 0.00899. The third-order valence-electron chi connectivity index (χ3n) is 2.90. The Morgan fingerprint density at radius 2 is 2.24 bits per heavy atom. The maximum Gasteiger partial charge on any atom is 0.326 e. The molecule has 0 aliphatic carbocycles. The first-order valence-electron chi connectivity index (χ1n) is 5.46. The van der Waals surface area contributed by atoms with Crippen molar-refractivity contribution in [1.82, 2.24) is 14.9 Å². The minimum Gasteiger partial charge on any atom is -0.333 e. The number of aromatic nitrogens is 2. The number of nitrogens with zero attached hydrogens (tertiary/aromatic N) is 1. The van der Waals surface area contributed by atoms with Gasteiger partial charge in [0.25, 0.3) is 11.5 Å². The average Bonchev–Trinajstić information content (AvgIpc) is 2.74. The summed E-state index contributed by atoms with van der Waals surface area (Å²) in [5.41, 5.74) is 4.32. The van der Waals surface area contributed by atoms with Crippen LogP contribution in [0.4, 0.5) is 0 Å². The zero-order valence-electron chi connectivity index (χ0n) is 9.23. The molecule has 1 atom stereocenters. The number of carbonyl (C=O) groups is 1. The Labute approximate surface area is 96.6 Å². The molecule has 0 aromatic carbocycles. The Kier molecular flexibility index (Phi) is 3.10. The molecule has 1 aliphatic rings. The molecule has 1 aromatic rings. The largest absolute Gasteiger partial charge is 0.333 e. The Morgan fingerprint density at radius 1 is 1.47 bits per heavy atom. The molecule has 1 saturated heterocycles. The summed E-state index contributed by atoms with van der Waals surface area (Å²) in [7, 11) is 0. The van der Waals surface area contributed by atoms with Crippen LogP contribution < -0.4 is 17.0 Å². The van der Waals surface area contributed by atoms with Crippen LogP contribution in [0, 0.1) is 0 Å². The lowest BCUT2D eigenvalue weighted by molar-refractivity contribution is 0.0734. The van der Waals surface area contributed by atoms with Gasteiger partial charge in [-0.25, -0.2) is 4.79 Å². The van der Waals surface area contributed by atoms with Gasteiger partial charge in [0.15, 0.2) is 0 Å². The molecule has 1 fully saturated rings.